The maximum absolute atomic E-state index is 14.4. The van der Waals surface area contributed by atoms with Crippen LogP contribution in [0.1, 0.15) is 54.1 Å². The van der Waals surface area contributed by atoms with Crippen molar-refractivity contribution in [2.45, 2.75) is 32.6 Å². The van der Waals surface area contributed by atoms with Crippen LogP contribution in [0.25, 0.3) is 0 Å². The van der Waals surface area contributed by atoms with Crippen LogP contribution < -0.4 is 14.4 Å². The smallest absolute Gasteiger partial charge is 0.238 e. The predicted octanol–water partition coefficient (Wildman–Crippen LogP) is 5.60. The van der Waals surface area contributed by atoms with E-state index in [2.05, 4.69) is 0 Å². The minimum atomic E-state index is -1.24. The Morgan fingerprint density at radius 1 is 0.875 bits per heavy atom. The van der Waals surface area contributed by atoms with Crippen LogP contribution in [0, 0.1) is 29.1 Å². The molecule has 48 heavy (non-hydrogen) atoms. The lowest BCUT2D eigenvalue weighted by Crippen LogP contribution is -2.54. The minimum Gasteiger partial charge on any atom is -0.508 e. The molecule has 1 aliphatic heterocycles. The number of hydrogen-bond acceptors (Lipinski definition) is 8. The van der Waals surface area contributed by atoms with Crippen molar-refractivity contribution in [2.24, 2.45) is 29.1 Å². The Morgan fingerprint density at radius 2 is 1.50 bits per heavy atom. The van der Waals surface area contributed by atoms with Crippen molar-refractivity contribution in [1.82, 2.24) is 0 Å². The molecular formula is C39H35NO8. The van der Waals surface area contributed by atoms with Crippen molar-refractivity contribution < 1.29 is 38.6 Å². The lowest BCUT2D eigenvalue weighted by Gasteiger charge is -2.54. The van der Waals surface area contributed by atoms with E-state index in [1.165, 1.54) is 37.3 Å². The summed E-state index contributed by atoms with van der Waals surface area (Å²) in [5, 5.41) is 10.5. The van der Waals surface area contributed by atoms with Crippen molar-refractivity contribution in [2.75, 3.05) is 19.1 Å². The summed E-state index contributed by atoms with van der Waals surface area (Å²) in [6.07, 6.45) is 3.82. The van der Waals surface area contributed by atoms with Crippen molar-refractivity contribution in [3.63, 3.8) is 0 Å². The average molecular weight is 646 g/mol. The van der Waals surface area contributed by atoms with Gasteiger partial charge < -0.3 is 14.6 Å². The molecule has 2 amide bonds. The molecular weight excluding hydrogens is 610 g/mol. The number of phenolic OH excluding ortho intramolecular Hbond substituents is 1. The fourth-order valence-electron chi connectivity index (χ4n) is 8.69. The van der Waals surface area contributed by atoms with Crippen LogP contribution >= 0.6 is 0 Å². The molecule has 1 heterocycles. The molecule has 3 aromatic rings. The molecule has 3 aromatic carbocycles. The van der Waals surface area contributed by atoms with Gasteiger partial charge in [-0.1, -0.05) is 48.9 Å². The zero-order valence-electron chi connectivity index (χ0n) is 27.1. The fourth-order valence-corrected chi connectivity index (χ4v) is 8.69. The highest BCUT2D eigenvalue weighted by atomic mass is 16.5. The Kier molecular flexibility index (Phi) is 7.46. The number of fused-ring (bicyclic) bond motifs is 4. The molecule has 0 aromatic heterocycles. The molecule has 0 unspecified atom stereocenters. The summed E-state index contributed by atoms with van der Waals surface area (Å²) in [5.41, 5.74) is 1.72. The van der Waals surface area contributed by atoms with Crippen LogP contribution in [0.2, 0.25) is 0 Å². The highest BCUT2D eigenvalue weighted by Gasteiger charge is 2.64. The highest BCUT2D eigenvalue weighted by molar-refractivity contribution is 6.23. The third-order valence-corrected chi connectivity index (χ3v) is 10.9. The van der Waals surface area contributed by atoms with Gasteiger partial charge in [0.2, 0.25) is 11.8 Å². The molecule has 0 bridgehead atoms. The second-order valence-corrected chi connectivity index (χ2v) is 13.3. The summed E-state index contributed by atoms with van der Waals surface area (Å²) < 4.78 is 11.5. The van der Waals surface area contributed by atoms with Crippen molar-refractivity contribution in [3.05, 3.63) is 107 Å². The number of amides is 2. The van der Waals surface area contributed by atoms with Gasteiger partial charge >= 0.3 is 0 Å². The van der Waals surface area contributed by atoms with Gasteiger partial charge in [0.15, 0.2) is 17.3 Å². The van der Waals surface area contributed by atoms with Crippen LogP contribution in [0.15, 0.2) is 90.0 Å². The number of carbonyl (C=O) groups excluding carboxylic acids is 5. The molecule has 9 nitrogen and oxygen atoms in total. The van der Waals surface area contributed by atoms with E-state index in [9.17, 15) is 29.1 Å². The standard InChI is InChI=1S/C39H35NO8/c1-20-16-29(42)28-19-27-25(34(39(28,2)36(20)44)33-30(47-3)17-24(41)18-31(33)48-4)14-15-26-32(27)38(46)40(37(26)45)23-12-10-22(11-13-23)35(43)21-8-6-5-7-9-21/h5-14,16-18,26-28,32,34,41H,15,19H2,1-4H3/t26-,27+,28-,32-,34+,39+/m0/s1. The van der Waals surface area contributed by atoms with Gasteiger partial charge in [-0.25, -0.2) is 0 Å². The van der Waals surface area contributed by atoms with E-state index in [0.717, 1.165) is 5.57 Å². The van der Waals surface area contributed by atoms with E-state index < -0.39 is 35.0 Å². The van der Waals surface area contributed by atoms with Crippen LogP contribution in [0.4, 0.5) is 5.69 Å². The third-order valence-electron chi connectivity index (χ3n) is 10.9. The quantitative estimate of drug-likeness (QED) is 0.209. The van der Waals surface area contributed by atoms with Crippen molar-refractivity contribution in [1.29, 1.82) is 0 Å². The number of phenols is 1. The zero-order chi connectivity index (χ0) is 34.1. The topological polar surface area (TPSA) is 127 Å². The van der Waals surface area contributed by atoms with Crippen LogP contribution in [0.3, 0.4) is 0 Å². The van der Waals surface area contributed by atoms with E-state index in [4.69, 9.17) is 9.47 Å². The first-order valence-corrected chi connectivity index (χ1v) is 16.0. The van der Waals surface area contributed by atoms with Gasteiger partial charge in [-0.05, 0) is 61.6 Å². The Hall–Kier alpha value is -5.31. The van der Waals surface area contributed by atoms with Crippen LogP contribution in [0.5, 0.6) is 17.2 Å². The summed E-state index contributed by atoms with van der Waals surface area (Å²) in [4.78, 5) is 70.5. The summed E-state index contributed by atoms with van der Waals surface area (Å²) in [6, 6.07) is 18.2. The molecule has 1 saturated carbocycles. The number of carbonyl (C=O) groups is 5. The normalized spacial score (nSPS) is 27.8. The number of imide groups is 1. The van der Waals surface area contributed by atoms with Gasteiger partial charge in [0, 0.05) is 40.7 Å². The number of aromatic hydroxyl groups is 1. The summed E-state index contributed by atoms with van der Waals surface area (Å²) >= 11 is 0. The van der Waals surface area contributed by atoms with E-state index >= 15 is 0 Å². The minimum absolute atomic E-state index is 0.0926. The predicted molar refractivity (Wildman–Crippen MR) is 176 cm³/mol. The molecule has 2 fully saturated rings. The lowest BCUT2D eigenvalue weighted by atomic mass is 9.47. The Balaban J connectivity index is 1.31. The van der Waals surface area contributed by atoms with Crippen LogP contribution in [-0.4, -0.2) is 48.5 Å². The molecule has 0 radical (unpaired) electrons. The molecule has 1 N–H and O–H groups in total. The Bertz CT molecular complexity index is 1930. The Labute approximate surface area is 277 Å². The van der Waals surface area contributed by atoms with E-state index in [1.807, 2.05) is 12.1 Å². The summed E-state index contributed by atoms with van der Waals surface area (Å²) in [7, 11) is 2.91. The number of benzene rings is 3. The molecule has 9 heteroatoms. The maximum atomic E-state index is 14.4. The van der Waals surface area contributed by atoms with Gasteiger partial charge in [-0.3, -0.25) is 28.9 Å². The van der Waals surface area contributed by atoms with Crippen LogP contribution in [-0.2, 0) is 19.2 Å². The second kappa shape index (κ2) is 11.4. The van der Waals surface area contributed by atoms with Gasteiger partial charge in [-0.15, -0.1) is 0 Å². The molecule has 7 rings (SSSR count). The third kappa shape index (κ3) is 4.47. The highest BCUT2D eigenvalue weighted by Crippen LogP contribution is 2.64. The monoisotopic (exact) mass is 645 g/mol. The number of rotatable bonds is 6. The largest absolute Gasteiger partial charge is 0.508 e. The van der Waals surface area contributed by atoms with Gasteiger partial charge in [0.25, 0.3) is 0 Å². The molecule has 0 spiro atoms. The number of anilines is 1. The summed E-state index contributed by atoms with van der Waals surface area (Å²) in [5.74, 6) is -4.26. The molecule has 244 valence electrons. The van der Waals surface area contributed by atoms with Gasteiger partial charge in [0.05, 0.1) is 37.2 Å². The number of Topliss-reactive ketones (excluding diaryl/α,β-unsaturated/α-hetero) is 1. The summed E-state index contributed by atoms with van der Waals surface area (Å²) in [6.45, 7) is 3.43. The first kappa shape index (κ1) is 31.3. The number of allylic oxidation sites excluding steroid dienone is 4. The SMILES string of the molecule is COc1cc(O)cc(OC)c1[C@H]1C2=CC[C@@H]3C(=O)N(c4ccc(C(=O)c5ccccc5)cc4)C(=O)[C@@H]3[C@@H]2C[C@H]2C(=O)C=C(C)C(=O)[C@@]12C. The number of ether oxygens (including phenoxy) is 2. The molecule has 3 aliphatic carbocycles. The molecule has 6 atom stereocenters. The van der Waals surface area contributed by atoms with Gasteiger partial charge in [-0.2, -0.15) is 0 Å². The van der Waals surface area contributed by atoms with E-state index in [0.29, 0.717) is 28.0 Å². The van der Waals surface area contributed by atoms with Gasteiger partial charge in [0.1, 0.15) is 17.2 Å². The number of hydrogen-bond donors (Lipinski definition) is 1. The Morgan fingerprint density at radius 3 is 2.12 bits per heavy atom. The lowest BCUT2D eigenvalue weighted by molar-refractivity contribution is -0.141. The zero-order valence-corrected chi connectivity index (χ0v) is 27.1. The maximum Gasteiger partial charge on any atom is 0.238 e. The number of nitrogens with zero attached hydrogens (tertiary/aromatic N) is 1. The van der Waals surface area contributed by atoms with Crippen molar-refractivity contribution >= 4 is 34.9 Å². The second-order valence-electron chi connectivity index (χ2n) is 13.3. The molecule has 1 saturated heterocycles. The van der Waals surface area contributed by atoms with E-state index in [1.54, 1.807) is 62.4 Å². The number of ketones is 3. The van der Waals surface area contributed by atoms with Crippen molar-refractivity contribution in [3.8, 4) is 17.2 Å². The first-order valence-electron chi connectivity index (χ1n) is 16.0. The first-order chi connectivity index (χ1) is 23.0. The fraction of sp³-hybridized carbons (Fsp3) is 0.308. The molecule has 4 aliphatic rings. The van der Waals surface area contributed by atoms with E-state index in [-0.39, 0.29) is 59.3 Å². The average Bonchev–Trinajstić information content (AvgIpc) is 3.35. The number of methoxy groups -OCH3 is 2.